The monoisotopic (exact) mass is 342 g/mol. The average molecular weight is 343 g/mol. The molecule has 2 rings (SSSR count). The SMILES string of the molecule is COCC(=O)Nc1cnn(CC2CCN(C(=O)CCCl)CC2)c1. The van der Waals surface area contributed by atoms with E-state index < -0.39 is 0 Å². The number of carbonyl (C=O) groups excluding carboxylic acids is 2. The van der Waals surface area contributed by atoms with Crippen LogP contribution in [0.15, 0.2) is 12.4 Å². The molecule has 2 heterocycles. The van der Waals surface area contributed by atoms with E-state index in [0.29, 0.717) is 23.9 Å². The van der Waals surface area contributed by atoms with E-state index >= 15 is 0 Å². The molecule has 1 aliphatic heterocycles. The Morgan fingerprint density at radius 1 is 1.43 bits per heavy atom. The molecule has 1 aliphatic rings. The predicted molar refractivity (Wildman–Crippen MR) is 87.4 cm³/mol. The van der Waals surface area contributed by atoms with Gasteiger partial charge in [0.15, 0.2) is 0 Å². The largest absolute Gasteiger partial charge is 0.375 e. The van der Waals surface area contributed by atoms with Crippen molar-refractivity contribution in [2.75, 3.05) is 38.0 Å². The minimum absolute atomic E-state index is 0.0277. The fraction of sp³-hybridized carbons (Fsp3) is 0.667. The minimum atomic E-state index is -0.196. The highest BCUT2D eigenvalue weighted by Crippen LogP contribution is 2.20. The van der Waals surface area contributed by atoms with Crippen LogP contribution in [0.4, 0.5) is 5.69 Å². The molecule has 7 nitrogen and oxygen atoms in total. The Morgan fingerprint density at radius 3 is 2.83 bits per heavy atom. The van der Waals surface area contributed by atoms with Gasteiger partial charge in [0.25, 0.3) is 0 Å². The number of nitrogens with zero attached hydrogens (tertiary/aromatic N) is 3. The fourth-order valence-corrected chi connectivity index (χ4v) is 2.89. The summed E-state index contributed by atoms with van der Waals surface area (Å²) < 4.78 is 6.61. The molecule has 1 aromatic rings. The number of carbonyl (C=O) groups is 2. The smallest absolute Gasteiger partial charge is 0.250 e. The van der Waals surface area contributed by atoms with Crippen molar-refractivity contribution in [3.05, 3.63) is 12.4 Å². The Balaban J connectivity index is 1.77. The summed E-state index contributed by atoms with van der Waals surface area (Å²) in [5.74, 6) is 0.806. The normalized spacial score (nSPS) is 15.7. The number of piperidine rings is 1. The highest BCUT2D eigenvalue weighted by atomic mass is 35.5. The summed E-state index contributed by atoms with van der Waals surface area (Å²) >= 11 is 5.61. The molecule has 128 valence electrons. The van der Waals surface area contributed by atoms with Crippen molar-refractivity contribution in [1.82, 2.24) is 14.7 Å². The Kier molecular flexibility index (Phi) is 6.85. The van der Waals surface area contributed by atoms with Crippen molar-refractivity contribution >= 4 is 29.1 Å². The van der Waals surface area contributed by atoms with E-state index in [1.54, 1.807) is 6.20 Å². The molecule has 1 aromatic heterocycles. The molecule has 1 fully saturated rings. The van der Waals surface area contributed by atoms with Crippen LogP contribution in [0.2, 0.25) is 0 Å². The molecule has 0 spiro atoms. The Labute approximate surface area is 140 Å². The Bertz CT molecular complexity index is 527. The molecule has 0 atom stereocenters. The van der Waals surface area contributed by atoms with E-state index in [9.17, 15) is 9.59 Å². The Hall–Kier alpha value is -1.60. The average Bonchev–Trinajstić information content (AvgIpc) is 2.95. The highest BCUT2D eigenvalue weighted by molar-refractivity contribution is 6.18. The van der Waals surface area contributed by atoms with Crippen LogP contribution < -0.4 is 5.32 Å². The van der Waals surface area contributed by atoms with Gasteiger partial charge in [0, 0.05) is 45.2 Å². The Morgan fingerprint density at radius 2 is 2.17 bits per heavy atom. The van der Waals surface area contributed by atoms with Gasteiger partial charge in [0.1, 0.15) is 6.61 Å². The lowest BCUT2D eigenvalue weighted by Crippen LogP contribution is -2.39. The maximum absolute atomic E-state index is 11.8. The van der Waals surface area contributed by atoms with Crippen molar-refractivity contribution in [3.8, 4) is 0 Å². The zero-order valence-corrected chi connectivity index (χ0v) is 14.1. The lowest BCUT2D eigenvalue weighted by atomic mass is 9.96. The molecule has 0 aromatic carbocycles. The second kappa shape index (κ2) is 8.88. The van der Waals surface area contributed by atoms with Crippen molar-refractivity contribution < 1.29 is 14.3 Å². The highest BCUT2D eigenvalue weighted by Gasteiger charge is 2.22. The second-order valence-corrected chi connectivity index (χ2v) is 6.07. The van der Waals surface area contributed by atoms with Crippen LogP contribution in [-0.2, 0) is 20.9 Å². The molecule has 0 unspecified atom stereocenters. The van der Waals surface area contributed by atoms with Crippen LogP contribution in [0.3, 0.4) is 0 Å². The van der Waals surface area contributed by atoms with E-state index in [2.05, 4.69) is 10.4 Å². The van der Waals surface area contributed by atoms with E-state index in [0.717, 1.165) is 32.5 Å². The number of ether oxygens (including phenoxy) is 1. The van der Waals surface area contributed by atoms with Gasteiger partial charge in [-0.3, -0.25) is 14.3 Å². The number of hydrogen-bond donors (Lipinski definition) is 1. The van der Waals surface area contributed by atoms with E-state index in [1.165, 1.54) is 7.11 Å². The number of alkyl halides is 1. The first-order valence-corrected chi connectivity index (χ1v) is 8.30. The summed E-state index contributed by atoms with van der Waals surface area (Å²) in [5, 5.41) is 6.99. The number of amides is 2. The number of hydrogen-bond acceptors (Lipinski definition) is 4. The number of anilines is 1. The number of rotatable bonds is 7. The van der Waals surface area contributed by atoms with Crippen LogP contribution in [0, 0.1) is 5.92 Å². The van der Waals surface area contributed by atoms with Crippen molar-refractivity contribution in [3.63, 3.8) is 0 Å². The van der Waals surface area contributed by atoms with Gasteiger partial charge in [-0.1, -0.05) is 0 Å². The maximum Gasteiger partial charge on any atom is 0.250 e. The first-order valence-electron chi connectivity index (χ1n) is 7.77. The molecule has 0 saturated carbocycles. The zero-order valence-electron chi connectivity index (χ0n) is 13.3. The summed E-state index contributed by atoms with van der Waals surface area (Å²) in [4.78, 5) is 25.1. The third kappa shape index (κ3) is 5.51. The zero-order chi connectivity index (χ0) is 16.7. The van der Waals surface area contributed by atoms with Crippen molar-refractivity contribution in [2.24, 2.45) is 5.92 Å². The lowest BCUT2D eigenvalue weighted by molar-refractivity contribution is -0.132. The number of halogens is 1. The van der Waals surface area contributed by atoms with Gasteiger partial charge >= 0.3 is 0 Å². The van der Waals surface area contributed by atoms with Gasteiger partial charge in [-0.25, -0.2) is 0 Å². The van der Waals surface area contributed by atoms with Crippen LogP contribution in [0.5, 0.6) is 0 Å². The van der Waals surface area contributed by atoms with Crippen molar-refractivity contribution in [1.29, 1.82) is 0 Å². The van der Waals surface area contributed by atoms with Crippen molar-refractivity contribution in [2.45, 2.75) is 25.8 Å². The van der Waals surface area contributed by atoms with E-state index in [4.69, 9.17) is 16.3 Å². The summed E-state index contributed by atoms with van der Waals surface area (Å²) in [6.45, 7) is 2.37. The summed E-state index contributed by atoms with van der Waals surface area (Å²) in [7, 11) is 1.48. The molecule has 0 radical (unpaired) electrons. The molecule has 1 saturated heterocycles. The molecule has 0 bridgehead atoms. The number of nitrogens with one attached hydrogen (secondary N) is 1. The molecule has 1 N–H and O–H groups in total. The van der Waals surface area contributed by atoms with Gasteiger partial charge < -0.3 is 15.0 Å². The molecular formula is C15H23ClN4O3. The first-order chi connectivity index (χ1) is 11.1. The van der Waals surface area contributed by atoms with Gasteiger partial charge in [0.2, 0.25) is 11.8 Å². The lowest BCUT2D eigenvalue weighted by Gasteiger charge is -2.31. The molecule has 8 heteroatoms. The van der Waals surface area contributed by atoms with Crippen LogP contribution >= 0.6 is 11.6 Å². The standard InChI is InChI=1S/C15H23ClN4O3/c1-23-11-14(21)18-13-8-17-20(10-13)9-12-3-6-19(7-4-12)15(22)2-5-16/h8,10,12H,2-7,9,11H2,1H3,(H,18,21). The molecular weight excluding hydrogens is 320 g/mol. The molecule has 0 aliphatic carbocycles. The van der Waals surface area contributed by atoms with Gasteiger partial charge in [-0.2, -0.15) is 5.10 Å². The maximum atomic E-state index is 11.8. The third-order valence-corrected chi connectivity index (χ3v) is 4.10. The minimum Gasteiger partial charge on any atom is -0.375 e. The number of likely N-dealkylation sites (tertiary alicyclic amines) is 1. The van der Waals surface area contributed by atoms with Gasteiger partial charge in [-0.05, 0) is 18.8 Å². The topological polar surface area (TPSA) is 76.5 Å². The third-order valence-electron chi connectivity index (χ3n) is 3.91. The van der Waals surface area contributed by atoms with Gasteiger partial charge in [0.05, 0.1) is 11.9 Å². The molecule has 23 heavy (non-hydrogen) atoms. The quantitative estimate of drug-likeness (QED) is 0.758. The van der Waals surface area contributed by atoms with E-state index in [-0.39, 0.29) is 18.4 Å². The second-order valence-electron chi connectivity index (χ2n) is 5.70. The van der Waals surface area contributed by atoms with Gasteiger partial charge in [-0.15, -0.1) is 11.6 Å². The van der Waals surface area contributed by atoms with E-state index in [1.807, 2.05) is 15.8 Å². The first kappa shape index (κ1) is 17.7. The summed E-state index contributed by atoms with van der Waals surface area (Å²) in [5.41, 5.74) is 0.668. The number of aromatic nitrogens is 2. The summed E-state index contributed by atoms with van der Waals surface area (Å²) in [6, 6.07) is 0. The van der Waals surface area contributed by atoms with Crippen LogP contribution in [-0.4, -0.2) is 59.2 Å². The molecule has 2 amide bonds. The number of methoxy groups -OCH3 is 1. The fourth-order valence-electron chi connectivity index (χ4n) is 2.72. The van der Waals surface area contributed by atoms with Crippen LogP contribution in [0.25, 0.3) is 0 Å². The predicted octanol–water partition coefficient (Wildman–Crippen LogP) is 1.34. The summed E-state index contributed by atoms with van der Waals surface area (Å²) in [6.07, 6.45) is 5.78. The van der Waals surface area contributed by atoms with Crippen LogP contribution in [0.1, 0.15) is 19.3 Å².